The second kappa shape index (κ2) is 2.38. The van der Waals surface area contributed by atoms with Crippen LogP contribution in [0.25, 0.3) is 0 Å². The molecule has 1 aliphatic rings. The van der Waals surface area contributed by atoms with Crippen molar-refractivity contribution in [1.29, 1.82) is 0 Å². The third-order valence-corrected chi connectivity index (χ3v) is 2.32. The fourth-order valence-electron chi connectivity index (χ4n) is 1.12. The lowest BCUT2D eigenvalue weighted by atomic mass is 10.2. The summed E-state index contributed by atoms with van der Waals surface area (Å²) >= 11 is 5.94. The number of nitrogens with zero attached hydrogens (tertiary/aromatic N) is 1. The van der Waals surface area contributed by atoms with E-state index >= 15 is 0 Å². The van der Waals surface area contributed by atoms with Gasteiger partial charge < -0.3 is 5.73 Å². The minimum Gasteiger partial charge on any atom is -0.397 e. The Morgan fingerprint density at radius 3 is 2.91 bits per heavy atom. The molecule has 1 aromatic rings. The molecule has 2 rings (SSSR count). The standard InChI is InChI=1S/C8H9ClN2/c9-7-6(10)3-4-11-8(7)5-1-2-5/h3-5H,1-2H2,(H2,10,11). The van der Waals surface area contributed by atoms with Crippen molar-refractivity contribution >= 4 is 17.3 Å². The fourth-order valence-corrected chi connectivity index (χ4v) is 1.38. The van der Waals surface area contributed by atoms with Crippen molar-refractivity contribution in [2.24, 2.45) is 0 Å². The molecule has 58 valence electrons. The maximum absolute atomic E-state index is 5.94. The monoisotopic (exact) mass is 168 g/mol. The predicted molar refractivity (Wildman–Crippen MR) is 45.6 cm³/mol. The maximum atomic E-state index is 5.94. The van der Waals surface area contributed by atoms with Crippen molar-refractivity contribution in [1.82, 2.24) is 4.98 Å². The number of aromatic nitrogens is 1. The molecule has 0 aromatic carbocycles. The van der Waals surface area contributed by atoms with Gasteiger partial charge in [-0.05, 0) is 18.9 Å². The van der Waals surface area contributed by atoms with Gasteiger partial charge in [-0.1, -0.05) is 11.6 Å². The molecule has 2 nitrogen and oxygen atoms in total. The molecule has 3 heteroatoms. The second-order valence-electron chi connectivity index (χ2n) is 2.87. The average Bonchev–Trinajstić information content (AvgIpc) is 2.77. The zero-order valence-corrected chi connectivity index (χ0v) is 6.80. The Morgan fingerprint density at radius 2 is 2.27 bits per heavy atom. The number of hydrogen-bond donors (Lipinski definition) is 1. The largest absolute Gasteiger partial charge is 0.397 e. The lowest BCUT2D eigenvalue weighted by Gasteiger charge is -2.02. The van der Waals surface area contributed by atoms with Crippen molar-refractivity contribution in [2.45, 2.75) is 18.8 Å². The molecule has 2 N–H and O–H groups in total. The molecule has 1 aromatic heterocycles. The Balaban J connectivity index is 2.45. The highest BCUT2D eigenvalue weighted by Crippen LogP contribution is 2.43. The van der Waals surface area contributed by atoms with Crippen molar-refractivity contribution in [2.75, 3.05) is 5.73 Å². The summed E-state index contributed by atoms with van der Waals surface area (Å²) in [6, 6.07) is 1.73. The Morgan fingerprint density at radius 1 is 1.55 bits per heavy atom. The van der Waals surface area contributed by atoms with Crippen molar-refractivity contribution < 1.29 is 0 Å². The van der Waals surface area contributed by atoms with Gasteiger partial charge in [0.15, 0.2) is 0 Å². The summed E-state index contributed by atoms with van der Waals surface area (Å²) in [7, 11) is 0. The van der Waals surface area contributed by atoms with E-state index in [1.807, 2.05) is 0 Å². The lowest BCUT2D eigenvalue weighted by Crippen LogP contribution is -1.93. The van der Waals surface area contributed by atoms with E-state index in [9.17, 15) is 0 Å². The molecule has 0 unspecified atom stereocenters. The first-order valence-corrected chi connectivity index (χ1v) is 4.06. The number of nitrogen functional groups attached to an aromatic ring is 1. The molecule has 0 bridgehead atoms. The van der Waals surface area contributed by atoms with E-state index in [-0.39, 0.29) is 0 Å². The van der Waals surface area contributed by atoms with Crippen molar-refractivity contribution in [3.8, 4) is 0 Å². The van der Waals surface area contributed by atoms with E-state index in [1.54, 1.807) is 12.3 Å². The SMILES string of the molecule is Nc1ccnc(C2CC2)c1Cl. The first-order valence-electron chi connectivity index (χ1n) is 3.69. The molecule has 11 heavy (non-hydrogen) atoms. The molecule has 0 spiro atoms. The Labute approximate surface area is 70.4 Å². The van der Waals surface area contributed by atoms with Gasteiger partial charge in [0.25, 0.3) is 0 Å². The summed E-state index contributed by atoms with van der Waals surface area (Å²) in [5.41, 5.74) is 7.23. The van der Waals surface area contributed by atoms with Crippen LogP contribution in [-0.2, 0) is 0 Å². The lowest BCUT2D eigenvalue weighted by molar-refractivity contribution is 1.03. The quantitative estimate of drug-likeness (QED) is 0.698. The number of halogens is 1. The fraction of sp³-hybridized carbons (Fsp3) is 0.375. The molecule has 1 fully saturated rings. The first kappa shape index (κ1) is 6.92. The van der Waals surface area contributed by atoms with E-state index in [0.717, 1.165) is 5.69 Å². The Bertz CT molecular complexity index is 281. The molecule has 0 saturated heterocycles. The molecule has 0 atom stereocenters. The van der Waals surface area contributed by atoms with Gasteiger partial charge >= 0.3 is 0 Å². The molecule has 0 aliphatic heterocycles. The van der Waals surface area contributed by atoms with Crippen LogP contribution in [0, 0.1) is 0 Å². The van der Waals surface area contributed by atoms with Gasteiger partial charge in [0.2, 0.25) is 0 Å². The normalized spacial score (nSPS) is 16.8. The summed E-state index contributed by atoms with van der Waals surface area (Å²) in [5.74, 6) is 0.575. The van der Waals surface area contributed by atoms with Crippen molar-refractivity contribution in [3.63, 3.8) is 0 Å². The van der Waals surface area contributed by atoms with E-state index in [1.165, 1.54) is 12.8 Å². The molecular weight excluding hydrogens is 160 g/mol. The summed E-state index contributed by atoms with van der Waals surface area (Å²) in [6.07, 6.45) is 4.13. The zero-order valence-electron chi connectivity index (χ0n) is 6.05. The number of anilines is 1. The summed E-state index contributed by atoms with van der Waals surface area (Å²) in [4.78, 5) is 4.19. The van der Waals surface area contributed by atoms with Gasteiger partial charge in [0.1, 0.15) is 0 Å². The van der Waals surface area contributed by atoms with Gasteiger partial charge in [-0.25, -0.2) is 0 Å². The second-order valence-corrected chi connectivity index (χ2v) is 3.25. The summed E-state index contributed by atoms with van der Waals surface area (Å²) in [5, 5.41) is 0.648. The first-order chi connectivity index (χ1) is 5.29. The third-order valence-electron chi connectivity index (χ3n) is 1.91. The van der Waals surface area contributed by atoms with E-state index in [4.69, 9.17) is 17.3 Å². The highest BCUT2D eigenvalue weighted by Gasteiger charge is 2.27. The molecule has 1 saturated carbocycles. The van der Waals surface area contributed by atoms with E-state index < -0.39 is 0 Å². The summed E-state index contributed by atoms with van der Waals surface area (Å²) in [6.45, 7) is 0. The van der Waals surface area contributed by atoms with Crippen LogP contribution in [0.1, 0.15) is 24.5 Å². The highest BCUT2D eigenvalue weighted by molar-refractivity contribution is 6.33. The topological polar surface area (TPSA) is 38.9 Å². The molecular formula is C8H9ClN2. The molecule has 1 heterocycles. The van der Waals surface area contributed by atoms with Gasteiger partial charge in [-0.15, -0.1) is 0 Å². The smallest absolute Gasteiger partial charge is 0.0853 e. The number of hydrogen-bond acceptors (Lipinski definition) is 2. The summed E-state index contributed by atoms with van der Waals surface area (Å²) < 4.78 is 0. The van der Waals surface area contributed by atoms with Gasteiger partial charge in [-0.2, -0.15) is 0 Å². The maximum Gasteiger partial charge on any atom is 0.0853 e. The van der Waals surface area contributed by atoms with Crippen LogP contribution in [0.5, 0.6) is 0 Å². The van der Waals surface area contributed by atoms with Crippen LogP contribution in [0.2, 0.25) is 5.02 Å². The zero-order chi connectivity index (χ0) is 7.84. The van der Waals surface area contributed by atoms with Crippen LogP contribution in [0.15, 0.2) is 12.3 Å². The van der Waals surface area contributed by atoms with Gasteiger partial charge in [0.05, 0.1) is 16.4 Å². The molecule has 0 amide bonds. The minimum absolute atomic E-state index is 0.575. The molecule has 0 radical (unpaired) electrons. The van der Waals surface area contributed by atoms with Crippen LogP contribution >= 0.6 is 11.6 Å². The van der Waals surface area contributed by atoms with Crippen LogP contribution in [0.4, 0.5) is 5.69 Å². The predicted octanol–water partition coefficient (Wildman–Crippen LogP) is 2.19. The van der Waals surface area contributed by atoms with Gasteiger partial charge in [0, 0.05) is 12.1 Å². The number of pyridine rings is 1. The van der Waals surface area contributed by atoms with Crippen molar-refractivity contribution in [3.05, 3.63) is 23.0 Å². The van der Waals surface area contributed by atoms with Gasteiger partial charge in [-0.3, -0.25) is 4.98 Å². The average molecular weight is 169 g/mol. The van der Waals surface area contributed by atoms with Crippen LogP contribution in [-0.4, -0.2) is 4.98 Å². The Hall–Kier alpha value is -0.760. The number of rotatable bonds is 1. The highest BCUT2D eigenvalue weighted by atomic mass is 35.5. The van der Waals surface area contributed by atoms with E-state index in [0.29, 0.717) is 16.6 Å². The Kier molecular flexibility index (Phi) is 1.50. The number of nitrogens with two attached hydrogens (primary N) is 1. The minimum atomic E-state index is 0.575. The van der Waals surface area contributed by atoms with Crippen LogP contribution < -0.4 is 5.73 Å². The van der Waals surface area contributed by atoms with Crippen LogP contribution in [0.3, 0.4) is 0 Å². The third kappa shape index (κ3) is 1.18. The van der Waals surface area contributed by atoms with E-state index in [2.05, 4.69) is 4.98 Å². The molecule has 1 aliphatic carbocycles.